The molecule has 0 unspecified atom stereocenters. The number of hydrogen-bond donors (Lipinski definition) is 2. The quantitative estimate of drug-likeness (QED) is 0.741. The molecule has 1 amide bonds. The van der Waals surface area contributed by atoms with Crippen molar-refractivity contribution in [2.24, 2.45) is 0 Å². The van der Waals surface area contributed by atoms with Gasteiger partial charge in [0.1, 0.15) is 5.75 Å². The van der Waals surface area contributed by atoms with Crippen LogP contribution >= 0.6 is 0 Å². The fourth-order valence-corrected chi connectivity index (χ4v) is 3.04. The molecule has 0 aliphatic carbocycles. The Hall–Kier alpha value is -2.54. The molecule has 140 valence electrons. The number of methoxy groups -OCH3 is 1. The maximum Gasteiger partial charge on any atom is 0.229 e. The Morgan fingerprint density at radius 2 is 1.73 bits per heavy atom. The first-order valence-corrected chi connectivity index (χ1v) is 10.2. The van der Waals surface area contributed by atoms with E-state index in [1.807, 2.05) is 12.1 Å². The summed E-state index contributed by atoms with van der Waals surface area (Å²) in [6.45, 7) is 2.10. The largest absolute Gasteiger partial charge is 0.494 e. The third-order valence-electron chi connectivity index (χ3n) is 3.85. The molecule has 0 atom stereocenters. The first-order valence-electron chi connectivity index (χ1n) is 8.34. The molecule has 0 spiro atoms. The van der Waals surface area contributed by atoms with E-state index in [-0.39, 0.29) is 5.91 Å². The number of carbonyl (C=O) groups is 1. The Bertz CT molecular complexity index is 862. The highest BCUT2D eigenvalue weighted by atomic mass is 32.2. The molecule has 2 rings (SSSR count). The molecular weight excluding hydrogens is 352 g/mol. The average Bonchev–Trinajstić information content (AvgIpc) is 2.60. The van der Waals surface area contributed by atoms with Gasteiger partial charge in [-0.15, -0.1) is 0 Å². The predicted molar refractivity (Wildman–Crippen MR) is 104 cm³/mol. The van der Waals surface area contributed by atoms with Gasteiger partial charge in [0.25, 0.3) is 0 Å². The van der Waals surface area contributed by atoms with Gasteiger partial charge in [-0.05, 0) is 36.1 Å². The highest BCUT2D eigenvalue weighted by Gasteiger charge is 2.10. The van der Waals surface area contributed by atoms with Gasteiger partial charge in [-0.3, -0.25) is 9.52 Å². The van der Waals surface area contributed by atoms with Crippen LogP contribution < -0.4 is 14.8 Å². The number of sulfonamides is 1. The summed E-state index contributed by atoms with van der Waals surface area (Å²) < 4.78 is 30.3. The third-order valence-corrected chi connectivity index (χ3v) is 4.44. The predicted octanol–water partition coefficient (Wildman–Crippen LogP) is 3.20. The van der Waals surface area contributed by atoms with E-state index in [2.05, 4.69) is 29.1 Å². The molecule has 0 saturated heterocycles. The van der Waals surface area contributed by atoms with Crippen molar-refractivity contribution < 1.29 is 17.9 Å². The Morgan fingerprint density at radius 3 is 2.31 bits per heavy atom. The lowest BCUT2D eigenvalue weighted by atomic mass is 10.1. The topological polar surface area (TPSA) is 84.5 Å². The molecule has 0 heterocycles. The summed E-state index contributed by atoms with van der Waals surface area (Å²) in [6.07, 6.45) is 3.07. The van der Waals surface area contributed by atoms with Crippen molar-refractivity contribution in [2.75, 3.05) is 23.4 Å². The van der Waals surface area contributed by atoms with E-state index in [1.54, 1.807) is 18.2 Å². The monoisotopic (exact) mass is 376 g/mol. The van der Waals surface area contributed by atoms with E-state index >= 15 is 0 Å². The molecule has 2 aromatic carbocycles. The lowest BCUT2D eigenvalue weighted by molar-refractivity contribution is -0.116. The number of amides is 1. The van der Waals surface area contributed by atoms with Crippen molar-refractivity contribution in [3.8, 4) is 5.75 Å². The fourth-order valence-electron chi connectivity index (χ4n) is 2.48. The molecular formula is C19H24N2O4S. The molecule has 6 nitrogen and oxygen atoms in total. The molecule has 2 N–H and O–H groups in total. The zero-order valence-corrected chi connectivity index (χ0v) is 16.0. The maximum absolute atomic E-state index is 12.2. The molecule has 0 saturated carbocycles. The number of rotatable bonds is 8. The third kappa shape index (κ3) is 6.07. The summed E-state index contributed by atoms with van der Waals surface area (Å²) in [7, 11) is -1.97. The molecule has 0 bridgehead atoms. The van der Waals surface area contributed by atoms with E-state index in [0.717, 1.165) is 18.2 Å². The number of hydrogen-bond acceptors (Lipinski definition) is 4. The summed E-state index contributed by atoms with van der Waals surface area (Å²) in [4.78, 5) is 12.2. The van der Waals surface area contributed by atoms with Crippen LogP contribution in [0.25, 0.3) is 0 Å². The van der Waals surface area contributed by atoms with Gasteiger partial charge in [0, 0.05) is 18.2 Å². The van der Waals surface area contributed by atoms with Crippen molar-refractivity contribution in [1.29, 1.82) is 0 Å². The van der Waals surface area contributed by atoms with E-state index < -0.39 is 10.0 Å². The second kappa shape index (κ2) is 8.71. The summed E-state index contributed by atoms with van der Waals surface area (Å²) in [6, 6.07) is 13.0. The number of carbonyl (C=O) groups excluding carboxylic acids is 1. The first kappa shape index (κ1) is 19.8. The van der Waals surface area contributed by atoms with Crippen molar-refractivity contribution in [1.82, 2.24) is 0 Å². The van der Waals surface area contributed by atoms with Crippen LogP contribution in [0, 0.1) is 0 Å². The van der Waals surface area contributed by atoms with Crippen molar-refractivity contribution in [3.05, 3.63) is 53.6 Å². The van der Waals surface area contributed by atoms with E-state index in [1.165, 1.54) is 12.7 Å². The highest BCUT2D eigenvalue weighted by Crippen LogP contribution is 2.28. The fraction of sp³-hybridized carbons (Fsp3) is 0.316. The van der Waals surface area contributed by atoms with E-state index in [0.29, 0.717) is 30.0 Å². The molecule has 0 fully saturated rings. The number of nitrogens with one attached hydrogen (secondary N) is 2. The van der Waals surface area contributed by atoms with Crippen LogP contribution in [0.5, 0.6) is 5.75 Å². The van der Waals surface area contributed by atoms with Gasteiger partial charge in [0.15, 0.2) is 0 Å². The Kier molecular flexibility index (Phi) is 6.63. The van der Waals surface area contributed by atoms with Gasteiger partial charge >= 0.3 is 0 Å². The highest BCUT2D eigenvalue weighted by molar-refractivity contribution is 7.92. The lowest BCUT2D eigenvalue weighted by Crippen LogP contribution is -2.13. The minimum atomic E-state index is -3.41. The second-order valence-corrected chi connectivity index (χ2v) is 7.76. The summed E-state index contributed by atoms with van der Waals surface area (Å²) in [5.41, 5.74) is 3.26. The average molecular weight is 376 g/mol. The normalized spacial score (nSPS) is 11.0. The Morgan fingerprint density at radius 1 is 1.08 bits per heavy atom. The van der Waals surface area contributed by atoms with Crippen molar-refractivity contribution >= 4 is 27.3 Å². The van der Waals surface area contributed by atoms with Gasteiger partial charge in [-0.25, -0.2) is 8.42 Å². The van der Waals surface area contributed by atoms with Crippen LogP contribution in [0.2, 0.25) is 0 Å². The summed E-state index contributed by atoms with van der Waals surface area (Å²) >= 11 is 0. The van der Waals surface area contributed by atoms with Crippen LogP contribution in [0.3, 0.4) is 0 Å². The Balaban J connectivity index is 1.97. The van der Waals surface area contributed by atoms with Gasteiger partial charge in [0.05, 0.1) is 19.1 Å². The van der Waals surface area contributed by atoms with Crippen LogP contribution in [-0.4, -0.2) is 27.7 Å². The number of ether oxygens (including phenoxy) is 1. The number of anilines is 2. The van der Waals surface area contributed by atoms with Crippen molar-refractivity contribution in [2.45, 2.75) is 26.2 Å². The molecule has 0 radical (unpaired) electrons. The van der Waals surface area contributed by atoms with Gasteiger partial charge in [0.2, 0.25) is 15.9 Å². The van der Waals surface area contributed by atoms with Crippen molar-refractivity contribution in [3.63, 3.8) is 0 Å². The first-order chi connectivity index (χ1) is 12.3. The van der Waals surface area contributed by atoms with E-state index in [9.17, 15) is 13.2 Å². The molecule has 26 heavy (non-hydrogen) atoms. The minimum Gasteiger partial charge on any atom is -0.494 e. The van der Waals surface area contributed by atoms with E-state index in [4.69, 9.17) is 4.74 Å². The molecule has 2 aromatic rings. The zero-order valence-electron chi connectivity index (χ0n) is 15.2. The standard InChI is InChI=1S/C19H24N2O4S/c1-4-14-5-7-15(8-6-14)9-12-19(22)20-16-10-11-17(18(13-16)25-2)21-26(3,23)24/h5-8,10-11,13,21H,4,9,12H2,1-3H3,(H,20,22). The smallest absolute Gasteiger partial charge is 0.229 e. The maximum atomic E-state index is 12.2. The lowest BCUT2D eigenvalue weighted by Gasteiger charge is -2.12. The summed E-state index contributed by atoms with van der Waals surface area (Å²) in [5.74, 6) is 0.221. The SMILES string of the molecule is CCc1ccc(CCC(=O)Nc2ccc(NS(C)(=O)=O)c(OC)c2)cc1. The Labute approximate surface area is 154 Å². The van der Waals surface area contributed by atoms with Crippen LogP contribution in [0.4, 0.5) is 11.4 Å². The van der Waals surface area contributed by atoms with Gasteiger partial charge < -0.3 is 10.1 Å². The van der Waals surface area contributed by atoms with Crippen LogP contribution in [0.1, 0.15) is 24.5 Å². The second-order valence-electron chi connectivity index (χ2n) is 6.01. The molecule has 0 aliphatic heterocycles. The molecule has 0 aliphatic rings. The molecule has 7 heteroatoms. The van der Waals surface area contributed by atoms with Gasteiger partial charge in [-0.1, -0.05) is 31.2 Å². The van der Waals surface area contributed by atoms with Gasteiger partial charge in [-0.2, -0.15) is 0 Å². The molecule has 0 aromatic heterocycles. The minimum absolute atomic E-state index is 0.115. The zero-order chi connectivity index (χ0) is 19.2. The number of aryl methyl sites for hydroxylation is 2. The number of benzene rings is 2. The van der Waals surface area contributed by atoms with Crippen LogP contribution in [-0.2, 0) is 27.7 Å². The summed E-state index contributed by atoms with van der Waals surface area (Å²) in [5, 5.41) is 2.80. The van der Waals surface area contributed by atoms with Crippen LogP contribution in [0.15, 0.2) is 42.5 Å².